The summed E-state index contributed by atoms with van der Waals surface area (Å²) in [5.41, 5.74) is 3.50. The molecule has 2 aliphatic heterocycles. The van der Waals surface area contributed by atoms with E-state index in [0.717, 1.165) is 31.1 Å². The molecule has 2 aromatic carbocycles. The van der Waals surface area contributed by atoms with E-state index in [1.165, 1.54) is 16.7 Å². The highest BCUT2D eigenvalue weighted by Crippen LogP contribution is 2.31. The third kappa shape index (κ3) is 5.44. The van der Waals surface area contributed by atoms with Crippen molar-refractivity contribution in [3.05, 3.63) is 65.2 Å². The second-order valence-electron chi connectivity index (χ2n) is 7.54. The van der Waals surface area contributed by atoms with Crippen LogP contribution in [0.5, 0.6) is 5.75 Å². The van der Waals surface area contributed by atoms with Crippen molar-refractivity contribution in [1.29, 1.82) is 0 Å². The van der Waals surface area contributed by atoms with Gasteiger partial charge in [0.1, 0.15) is 5.75 Å². The number of aliphatic imine (C=N–C) groups is 1. The number of benzene rings is 2. The molecule has 1 fully saturated rings. The highest BCUT2D eigenvalue weighted by Gasteiger charge is 2.22. The molecule has 1 atom stereocenters. The van der Waals surface area contributed by atoms with Gasteiger partial charge in [0.25, 0.3) is 0 Å². The van der Waals surface area contributed by atoms with Crippen molar-refractivity contribution < 1.29 is 9.53 Å². The van der Waals surface area contributed by atoms with Gasteiger partial charge in [-0.2, -0.15) is 0 Å². The maximum Gasteiger partial charge on any atom is 0.222 e. The van der Waals surface area contributed by atoms with Gasteiger partial charge in [-0.1, -0.05) is 42.5 Å². The molecule has 0 radical (unpaired) electrons. The number of rotatable bonds is 5. The quantitative estimate of drug-likeness (QED) is 0.359. The number of para-hydroxylation sites is 1. The summed E-state index contributed by atoms with van der Waals surface area (Å²) in [7, 11) is 1.79. The van der Waals surface area contributed by atoms with Crippen LogP contribution in [-0.4, -0.2) is 37.0 Å². The number of hydrogen-bond acceptors (Lipinski definition) is 3. The van der Waals surface area contributed by atoms with E-state index in [-0.39, 0.29) is 35.9 Å². The van der Waals surface area contributed by atoms with Crippen LogP contribution in [0.25, 0.3) is 0 Å². The molecule has 0 saturated carbocycles. The van der Waals surface area contributed by atoms with Crippen LogP contribution in [0.3, 0.4) is 0 Å². The normalized spacial score (nSPS) is 18.3. The van der Waals surface area contributed by atoms with Crippen molar-refractivity contribution in [3.63, 3.8) is 0 Å². The van der Waals surface area contributed by atoms with Crippen LogP contribution >= 0.6 is 24.0 Å². The van der Waals surface area contributed by atoms with E-state index < -0.39 is 0 Å². The molecule has 0 bridgehead atoms. The summed E-state index contributed by atoms with van der Waals surface area (Å²) in [4.78, 5) is 18.2. The molecule has 160 valence electrons. The van der Waals surface area contributed by atoms with Gasteiger partial charge in [-0.05, 0) is 23.6 Å². The summed E-state index contributed by atoms with van der Waals surface area (Å²) in [6, 6.07) is 16.7. The van der Waals surface area contributed by atoms with E-state index in [4.69, 9.17) is 4.74 Å². The standard InChI is InChI=1S/C23H28N4O2.HI/c1-24-23(26-20-11-13-29-21-9-3-2-8-19(20)21)25-15-17-6-4-7-18(14-17)16-27-12-5-10-22(27)28;/h2-4,6-9,14,20H,5,10-13,15-16H2,1H3,(H2,24,25,26);1H. The fourth-order valence-corrected chi connectivity index (χ4v) is 3.97. The number of guanidine groups is 1. The molecule has 1 unspecified atom stereocenters. The number of carbonyl (C=O) groups is 1. The van der Waals surface area contributed by atoms with Crippen molar-refractivity contribution in [2.24, 2.45) is 4.99 Å². The topological polar surface area (TPSA) is 66.0 Å². The van der Waals surface area contributed by atoms with E-state index in [9.17, 15) is 4.79 Å². The smallest absolute Gasteiger partial charge is 0.222 e. The largest absolute Gasteiger partial charge is 0.493 e. The highest BCUT2D eigenvalue weighted by atomic mass is 127. The van der Waals surface area contributed by atoms with Gasteiger partial charge in [0, 0.05) is 45.1 Å². The molecular weight excluding hydrogens is 491 g/mol. The van der Waals surface area contributed by atoms with Crippen LogP contribution in [0.2, 0.25) is 0 Å². The number of carbonyl (C=O) groups excluding carboxylic acids is 1. The van der Waals surface area contributed by atoms with Crippen LogP contribution in [0.15, 0.2) is 53.5 Å². The number of amides is 1. The average molecular weight is 520 g/mol. The molecule has 1 amide bonds. The number of nitrogens with zero attached hydrogens (tertiary/aromatic N) is 2. The molecule has 2 heterocycles. The van der Waals surface area contributed by atoms with Gasteiger partial charge in [0.2, 0.25) is 5.91 Å². The van der Waals surface area contributed by atoms with Gasteiger partial charge in [-0.25, -0.2) is 0 Å². The fourth-order valence-electron chi connectivity index (χ4n) is 3.97. The monoisotopic (exact) mass is 520 g/mol. The lowest BCUT2D eigenvalue weighted by Crippen LogP contribution is -2.40. The summed E-state index contributed by atoms with van der Waals surface area (Å²) in [5, 5.41) is 6.93. The molecule has 0 aliphatic carbocycles. The Labute approximate surface area is 195 Å². The van der Waals surface area contributed by atoms with E-state index in [2.05, 4.69) is 46.0 Å². The molecular formula is C23H29IN4O2. The number of nitrogens with one attached hydrogen (secondary N) is 2. The number of likely N-dealkylation sites (tertiary alicyclic amines) is 1. The van der Waals surface area contributed by atoms with Crippen molar-refractivity contribution in [2.45, 2.75) is 38.4 Å². The first kappa shape index (κ1) is 22.4. The lowest BCUT2D eigenvalue weighted by molar-refractivity contribution is -0.128. The Morgan fingerprint density at radius 2 is 2.03 bits per heavy atom. The van der Waals surface area contributed by atoms with Gasteiger partial charge >= 0.3 is 0 Å². The maximum absolute atomic E-state index is 11.9. The first-order valence-corrected chi connectivity index (χ1v) is 10.3. The number of ether oxygens (including phenoxy) is 1. The van der Waals surface area contributed by atoms with E-state index in [1.54, 1.807) is 7.05 Å². The molecule has 2 N–H and O–H groups in total. The summed E-state index contributed by atoms with van der Waals surface area (Å²) in [6.07, 6.45) is 2.55. The lowest BCUT2D eigenvalue weighted by atomic mass is 10.0. The van der Waals surface area contributed by atoms with Crippen molar-refractivity contribution in [3.8, 4) is 5.75 Å². The molecule has 2 aliphatic rings. The highest BCUT2D eigenvalue weighted by molar-refractivity contribution is 14.0. The molecule has 4 rings (SSSR count). The van der Waals surface area contributed by atoms with Crippen LogP contribution in [0.4, 0.5) is 0 Å². The minimum absolute atomic E-state index is 0. The minimum atomic E-state index is 0. The second-order valence-corrected chi connectivity index (χ2v) is 7.54. The Kier molecular flexibility index (Phi) is 7.95. The molecule has 0 aromatic heterocycles. The van der Waals surface area contributed by atoms with E-state index >= 15 is 0 Å². The van der Waals surface area contributed by atoms with Crippen LogP contribution in [0.1, 0.15) is 42.0 Å². The summed E-state index contributed by atoms with van der Waals surface area (Å²) < 4.78 is 5.75. The number of hydrogen-bond donors (Lipinski definition) is 2. The van der Waals surface area contributed by atoms with Crippen molar-refractivity contribution in [2.75, 3.05) is 20.2 Å². The van der Waals surface area contributed by atoms with Gasteiger partial charge in [0.15, 0.2) is 5.96 Å². The molecule has 0 spiro atoms. The molecule has 6 nitrogen and oxygen atoms in total. The van der Waals surface area contributed by atoms with Crippen molar-refractivity contribution in [1.82, 2.24) is 15.5 Å². The van der Waals surface area contributed by atoms with Crippen molar-refractivity contribution >= 4 is 35.8 Å². The van der Waals surface area contributed by atoms with Gasteiger partial charge in [-0.15, -0.1) is 24.0 Å². The Balaban J connectivity index is 0.00000256. The average Bonchev–Trinajstić information content (AvgIpc) is 3.16. The second kappa shape index (κ2) is 10.7. The predicted octanol–water partition coefficient (Wildman–Crippen LogP) is 3.62. The van der Waals surface area contributed by atoms with E-state index in [0.29, 0.717) is 26.1 Å². The zero-order chi connectivity index (χ0) is 20.1. The summed E-state index contributed by atoms with van der Waals surface area (Å²) in [6.45, 7) is 2.93. The third-order valence-corrected chi connectivity index (χ3v) is 5.49. The first-order valence-electron chi connectivity index (χ1n) is 10.3. The van der Waals surface area contributed by atoms with Crippen LogP contribution in [-0.2, 0) is 17.9 Å². The Bertz CT molecular complexity index is 902. The zero-order valence-corrected chi connectivity index (χ0v) is 19.6. The SMILES string of the molecule is CN=C(NCc1cccc(CN2CCCC2=O)c1)NC1CCOc2ccccc21.I. The van der Waals surface area contributed by atoms with Crippen LogP contribution in [0, 0.1) is 0 Å². The molecule has 2 aromatic rings. The lowest BCUT2D eigenvalue weighted by Gasteiger charge is -2.28. The predicted molar refractivity (Wildman–Crippen MR) is 129 cm³/mol. The summed E-state index contributed by atoms with van der Waals surface area (Å²) in [5.74, 6) is 1.97. The van der Waals surface area contributed by atoms with Crippen LogP contribution < -0.4 is 15.4 Å². The zero-order valence-electron chi connectivity index (χ0n) is 17.3. The van der Waals surface area contributed by atoms with Gasteiger partial charge in [-0.3, -0.25) is 9.79 Å². The Morgan fingerprint density at radius 3 is 2.83 bits per heavy atom. The fraction of sp³-hybridized carbons (Fsp3) is 0.391. The first-order chi connectivity index (χ1) is 14.2. The summed E-state index contributed by atoms with van der Waals surface area (Å²) >= 11 is 0. The van der Waals surface area contributed by atoms with E-state index in [1.807, 2.05) is 23.1 Å². The molecule has 7 heteroatoms. The molecule has 1 saturated heterocycles. The van der Waals surface area contributed by atoms with Gasteiger partial charge < -0.3 is 20.3 Å². The number of halogens is 1. The van der Waals surface area contributed by atoms with Gasteiger partial charge in [0.05, 0.1) is 12.6 Å². The number of fused-ring (bicyclic) bond motifs is 1. The third-order valence-electron chi connectivity index (χ3n) is 5.49. The molecule has 30 heavy (non-hydrogen) atoms. The Morgan fingerprint density at radius 1 is 1.20 bits per heavy atom. The minimum Gasteiger partial charge on any atom is -0.493 e. The maximum atomic E-state index is 11.9. The Hall–Kier alpha value is -2.29.